The zero-order chi connectivity index (χ0) is 14.8. The fourth-order valence-corrected chi connectivity index (χ4v) is 3.11. The van der Waals surface area contributed by atoms with Crippen LogP contribution >= 0.6 is 0 Å². The summed E-state index contributed by atoms with van der Waals surface area (Å²) in [5.41, 5.74) is 2.14. The Hall–Kier alpha value is -1.42. The Morgan fingerprint density at radius 1 is 1.30 bits per heavy atom. The van der Waals surface area contributed by atoms with Gasteiger partial charge in [0.05, 0.1) is 19.2 Å². The molecular formula is C16H23NO3. The highest BCUT2D eigenvalue weighted by Gasteiger charge is 2.41. The summed E-state index contributed by atoms with van der Waals surface area (Å²) in [5.74, 6) is 0.958. The van der Waals surface area contributed by atoms with Crippen LogP contribution in [0.1, 0.15) is 42.5 Å². The van der Waals surface area contributed by atoms with Gasteiger partial charge in [0.1, 0.15) is 11.4 Å². The molecule has 1 fully saturated rings. The molecule has 110 valence electrons. The average molecular weight is 277 g/mol. The van der Waals surface area contributed by atoms with Crippen LogP contribution in [0.2, 0.25) is 0 Å². The standard InChI is InChI=1S/C16H23NO3/c1-11-10-17-13(12(2)15(11)19-3)9-14(18)16(20-4)7-5-6-8-16/h10H,5-9H2,1-4H3. The van der Waals surface area contributed by atoms with Crippen LogP contribution in [0.5, 0.6) is 5.75 Å². The van der Waals surface area contributed by atoms with Gasteiger partial charge in [-0.3, -0.25) is 9.78 Å². The molecule has 0 bridgehead atoms. The second-order valence-electron chi connectivity index (χ2n) is 5.55. The predicted molar refractivity (Wildman–Crippen MR) is 77.2 cm³/mol. The van der Waals surface area contributed by atoms with E-state index in [0.717, 1.165) is 48.3 Å². The van der Waals surface area contributed by atoms with Gasteiger partial charge < -0.3 is 9.47 Å². The van der Waals surface area contributed by atoms with Crippen molar-refractivity contribution in [3.05, 3.63) is 23.0 Å². The lowest BCUT2D eigenvalue weighted by Gasteiger charge is -2.26. The van der Waals surface area contributed by atoms with Crippen molar-refractivity contribution in [2.45, 2.75) is 51.6 Å². The fraction of sp³-hybridized carbons (Fsp3) is 0.625. The first kappa shape index (κ1) is 15.0. The zero-order valence-corrected chi connectivity index (χ0v) is 12.8. The van der Waals surface area contributed by atoms with Gasteiger partial charge in [-0.2, -0.15) is 0 Å². The molecule has 0 spiro atoms. The van der Waals surface area contributed by atoms with Crippen LogP contribution in [0.3, 0.4) is 0 Å². The van der Waals surface area contributed by atoms with Crippen molar-refractivity contribution in [3.63, 3.8) is 0 Å². The van der Waals surface area contributed by atoms with Crippen molar-refractivity contribution in [3.8, 4) is 5.75 Å². The molecule has 0 saturated heterocycles. The van der Waals surface area contributed by atoms with Gasteiger partial charge in [-0.15, -0.1) is 0 Å². The minimum Gasteiger partial charge on any atom is -0.496 e. The van der Waals surface area contributed by atoms with Crippen molar-refractivity contribution in [1.82, 2.24) is 4.98 Å². The van der Waals surface area contributed by atoms with E-state index in [1.165, 1.54) is 0 Å². The molecule has 1 aliphatic rings. The summed E-state index contributed by atoms with van der Waals surface area (Å²) in [6.07, 6.45) is 5.85. The first-order valence-electron chi connectivity index (χ1n) is 7.11. The summed E-state index contributed by atoms with van der Waals surface area (Å²) in [5, 5.41) is 0. The summed E-state index contributed by atoms with van der Waals surface area (Å²) >= 11 is 0. The van der Waals surface area contributed by atoms with Gasteiger partial charge in [-0.05, 0) is 39.5 Å². The first-order valence-corrected chi connectivity index (χ1v) is 7.11. The monoisotopic (exact) mass is 277 g/mol. The number of rotatable bonds is 5. The molecule has 0 amide bonds. The van der Waals surface area contributed by atoms with Crippen molar-refractivity contribution >= 4 is 5.78 Å². The molecule has 1 aromatic rings. The van der Waals surface area contributed by atoms with Crippen molar-refractivity contribution < 1.29 is 14.3 Å². The SMILES string of the molecule is COc1c(C)cnc(CC(=O)C2(OC)CCCC2)c1C. The van der Waals surface area contributed by atoms with Gasteiger partial charge in [0.15, 0.2) is 5.78 Å². The molecule has 20 heavy (non-hydrogen) atoms. The summed E-state index contributed by atoms with van der Waals surface area (Å²) < 4.78 is 10.9. The molecule has 1 aromatic heterocycles. The highest BCUT2D eigenvalue weighted by Crippen LogP contribution is 2.35. The Labute approximate surface area is 120 Å². The number of aryl methyl sites for hydroxylation is 1. The maximum Gasteiger partial charge on any atom is 0.170 e. The fourth-order valence-electron chi connectivity index (χ4n) is 3.11. The van der Waals surface area contributed by atoms with Gasteiger partial charge in [0, 0.05) is 24.4 Å². The number of methoxy groups -OCH3 is 2. The van der Waals surface area contributed by atoms with Crippen LogP contribution in [-0.4, -0.2) is 30.6 Å². The number of ketones is 1. The van der Waals surface area contributed by atoms with E-state index in [1.807, 2.05) is 13.8 Å². The molecule has 2 rings (SSSR count). The van der Waals surface area contributed by atoms with Crippen LogP contribution < -0.4 is 4.74 Å². The summed E-state index contributed by atoms with van der Waals surface area (Å²) in [6.45, 7) is 3.91. The first-order chi connectivity index (χ1) is 9.54. The molecule has 1 heterocycles. The second-order valence-corrected chi connectivity index (χ2v) is 5.55. The molecule has 4 heteroatoms. The van der Waals surface area contributed by atoms with Gasteiger partial charge in [-0.1, -0.05) is 0 Å². The Morgan fingerprint density at radius 3 is 2.50 bits per heavy atom. The summed E-state index contributed by atoms with van der Waals surface area (Å²) in [4.78, 5) is 17.0. The van der Waals surface area contributed by atoms with Crippen LogP contribution in [0.15, 0.2) is 6.20 Å². The summed E-state index contributed by atoms with van der Waals surface area (Å²) in [6, 6.07) is 0. The normalized spacial score (nSPS) is 17.2. The molecule has 0 N–H and O–H groups in total. The molecule has 0 atom stereocenters. The smallest absolute Gasteiger partial charge is 0.170 e. The van der Waals surface area contributed by atoms with Crippen molar-refractivity contribution in [1.29, 1.82) is 0 Å². The number of carbonyl (C=O) groups excluding carboxylic acids is 1. The lowest BCUT2D eigenvalue weighted by Crippen LogP contribution is -2.39. The number of pyridine rings is 1. The number of nitrogens with zero attached hydrogens (tertiary/aromatic N) is 1. The number of ether oxygens (including phenoxy) is 2. The molecule has 1 aliphatic carbocycles. The number of hydrogen-bond acceptors (Lipinski definition) is 4. The molecule has 0 radical (unpaired) electrons. The lowest BCUT2D eigenvalue weighted by atomic mass is 9.91. The molecule has 4 nitrogen and oxygen atoms in total. The molecular weight excluding hydrogens is 254 g/mol. The van der Waals surface area contributed by atoms with E-state index in [-0.39, 0.29) is 5.78 Å². The van der Waals surface area contributed by atoms with E-state index in [1.54, 1.807) is 20.4 Å². The van der Waals surface area contributed by atoms with Crippen molar-refractivity contribution in [2.75, 3.05) is 14.2 Å². The minimum absolute atomic E-state index is 0.138. The maximum absolute atomic E-state index is 12.6. The van der Waals surface area contributed by atoms with Gasteiger partial charge >= 0.3 is 0 Å². The van der Waals surface area contributed by atoms with Gasteiger partial charge in [0.2, 0.25) is 0 Å². The van der Waals surface area contributed by atoms with Gasteiger partial charge in [0.25, 0.3) is 0 Å². The Bertz CT molecular complexity index is 505. The topological polar surface area (TPSA) is 48.4 Å². The second kappa shape index (κ2) is 5.92. The maximum atomic E-state index is 12.6. The van der Waals surface area contributed by atoms with Crippen molar-refractivity contribution in [2.24, 2.45) is 0 Å². The third-order valence-corrected chi connectivity index (χ3v) is 4.39. The van der Waals surface area contributed by atoms with E-state index in [9.17, 15) is 4.79 Å². The molecule has 0 aliphatic heterocycles. The van der Waals surface area contributed by atoms with Crippen LogP contribution in [0.25, 0.3) is 0 Å². The van der Waals surface area contributed by atoms with E-state index in [0.29, 0.717) is 6.42 Å². The minimum atomic E-state index is -0.591. The quantitative estimate of drug-likeness (QED) is 0.830. The third kappa shape index (κ3) is 2.57. The van der Waals surface area contributed by atoms with Crippen LogP contribution in [0.4, 0.5) is 0 Å². The predicted octanol–water partition coefficient (Wildman–Crippen LogP) is 2.78. The number of Topliss-reactive ketones (excluding diaryl/α,β-unsaturated/α-hetero) is 1. The van der Waals surface area contributed by atoms with E-state index < -0.39 is 5.60 Å². The highest BCUT2D eigenvalue weighted by atomic mass is 16.5. The Balaban J connectivity index is 2.24. The van der Waals surface area contributed by atoms with E-state index >= 15 is 0 Å². The highest BCUT2D eigenvalue weighted by molar-refractivity contribution is 5.89. The van der Waals surface area contributed by atoms with Gasteiger partial charge in [-0.25, -0.2) is 0 Å². The largest absolute Gasteiger partial charge is 0.496 e. The zero-order valence-electron chi connectivity index (χ0n) is 12.8. The lowest BCUT2D eigenvalue weighted by molar-refractivity contribution is -0.139. The average Bonchev–Trinajstić information content (AvgIpc) is 2.92. The van der Waals surface area contributed by atoms with Crippen LogP contribution in [0, 0.1) is 13.8 Å². The molecule has 1 saturated carbocycles. The molecule has 0 unspecified atom stereocenters. The number of aromatic nitrogens is 1. The van der Waals surface area contributed by atoms with Crippen LogP contribution in [-0.2, 0) is 16.0 Å². The number of carbonyl (C=O) groups is 1. The number of hydrogen-bond donors (Lipinski definition) is 0. The Kier molecular flexibility index (Phi) is 4.43. The Morgan fingerprint density at radius 2 is 1.95 bits per heavy atom. The molecule has 0 aromatic carbocycles. The third-order valence-electron chi connectivity index (χ3n) is 4.39. The summed E-state index contributed by atoms with van der Waals surface area (Å²) in [7, 11) is 3.29. The van der Waals surface area contributed by atoms with E-state index in [4.69, 9.17) is 9.47 Å². The van der Waals surface area contributed by atoms with E-state index in [2.05, 4.69) is 4.98 Å².